The molecular formula is C18H24IN3O4. The van der Waals surface area contributed by atoms with Crippen LogP contribution < -0.4 is 14.8 Å². The van der Waals surface area contributed by atoms with Crippen LogP contribution in [0.2, 0.25) is 0 Å². The number of ether oxygens (including phenoxy) is 2. The third-order valence-electron chi connectivity index (χ3n) is 3.84. The zero-order valence-corrected chi connectivity index (χ0v) is 17.2. The highest BCUT2D eigenvalue weighted by Gasteiger charge is 2.15. The maximum Gasteiger partial charge on any atom is 0.231 e. The number of guanidine groups is 1. The van der Waals surface area contributed by atoms with Gasteiger partial charge in [-0.15, -0.1) is 24.0 Å². The van der Waals surface area contributed by atoms with Gasteiger partial charge in [-0.3, -0.25) is 0 Å². The predicted octanol–water partition coefficient (Wildman–Crippen LogP) is 2.76. The standard InChI is InChI=1S/C18H23N3O4.HI/c1-3-19-18(20-10-14(22)15-5-4-8-23-15)21(2)11-13-6-7-16-17(9-13)25-12-24-16;/h4-9,14,22H,3,10-12H2,1-2H3,(H,19,20);1H. The molecule has 1 aliphatic rings. The molecule has 0 saturated carbocycles. The molecule has 26 heavy (non-hydrogen) atoms. The van der Waals surface area contributed by atoms with E-state index in [1.165, 1.54) is 0 Å². The summed E-state index contributed by atoms with van der Waals surface area (Å²) < 4.78 is 16.0. The number of aliphatic imine (C=N–C) groups is 1. The molecule has 1 unspecified atom stereocenters. The first-order valence-corrected chi connectivity index (χ1v) is 8.27. The van der Waals surface area contributed by atoms with Crippen molar-refractivity contribution in [3.63, 3.8) is 0 Å². The van der Waals surface area contributed by atoms with Crippen molar-refractivity contribution < 1.29 is 19.0 Å². The topological polar surface area (TPSA) is 79.5 Å². The highest BCUT2D eigenvalue weighted by Crippen LogP contribution is 2.32. The van der Waals surface area contributed by atoms with Gasteiger partial charge in [-0.05, 0) is 36.8 Å². The van der Waals surface area contributed by atoms with Gasteiger partial charge in [-0.1, -0.05) is 6.07 Å². The minimum Gasteiger partial charge on any atom is -0.467 e. The lowest BCUT2D eigenvalue weighted by Gasteiger charge is -2.22. The molecule has 0 amide bonds. The van der Waals surface area contributed by atoms with Gasteiger partial charge in [-0.25, -0.2) is 4.99 Å². The monoisotopic (exact) mass is 473 g/mol. The van der Waals surface area contributed by atoms with Crippen molar-refractivity contribution in [3.8, 4) is 11.5 Å². The number of aliphatic hydroxyl groups is 1. The Hall–Kier alpha value is -1.94. The lowest BCUT2D eigenvalue weighted by Crippen LogP contribution is -2.38. The molecule has 0 spiro atoms. The zero-order chi connectivity index (χ0) is 17.6. The molecule has 0 aliphatic carbocycles. The fourth-order valence-corrected chi connectivity index (χ4v) is 2.60. The first kappa shape index (κ1) is 20.4. The second-order valence-electron chi connectivity index (χ2n) is 5.77. The number of hydrogen-bond acceptors (Lipinski definition) is 5. The van der Waals surface area contributed by atoms with E-state index in [1.807, 2.05) is 37.1 Å². The van der Waals surface area contributed by atoms with Crippen LogP contribution >= 0.6 is 24.0 Å². The minimum atomic E-state index is -0.761. The van der Waals surface area contributed by atoms with Gasteiger partial charge >= 0.3 is 0 Å². The third-order valence-corrected chi connectivity index (χ3v) is 3.84. The van der Waals surface area contributed by atoms with Crippen LogP contribution in [0.3, 0.4) is 0 Å². The Balaban J connectivity index is 0.00000243. The van der Waals surface area contributed by atoms with E-state index in [0.717, 1.165) is 23.6 Å². The molecular weight excluding hydrogens is 449 g/mol. The summed E-state index contributed by atoms with van der Waals surface area (Å²) in [6.07, 6.45) is 0.779. The first-order valence-electron chi connectivity index (χ1n) is 8.27. The molecule has 2 heterocycles. The van der Waals surface area contributed by atoms with Crippen molar-refractivity contribution in [3.05, 3.63) is 47.9 Å². The highest BCUT2D eigenvalue weighted by molar-refractivity contribution is 14.0. The Morgan fingerprint density at radius 3 is 2.85 bits per heavy atom. The van der Waals surface area contributed by atoms with Gasteiger partial charge in [0, 0.05) is 20.1 Å². The molecule has 0 fully saturated rings. The fourth-order valence-electron chi connectivity index (χ4n) is 2.60. The van der Waals surface area contributed by atoms with Crippen LogP contribution in [0, 0.1) is 0 Å². The summed E-state index contributed by atoms with van der Waals surface area (Å²) in [4.78, 5) is 6.50. The van der Waals surface area contributed by atoms with Crippen molar-refractivity contribution in [2.24, 2.45) is 4.99 Å². The fraction of sp³-hybridized carbons (Fsp3) is 0.389. The quantitative estimate of drug-likeness (QED) is 0.382. The van der Waals surface area contributed by atoms with Gasteiger partial charge in [0.15, 0.2) is 17.5 Å². The summed E-state index contributed by atoms with van der Waals surface area (Å²) >= 11 is 0. The van der Waals surface area contributed by atoms with Crippen LogP contribution in [0.4, 0.5) is 0 Å². The van der Waals surface area contributed by atoms with Crippen LogP contribution in [0.1, 0.15) is 24.4 Å². The van der Waals surface area contributed by atoms with Crippen LogP contribution in [-0.2, 0) is 6.54 Å². The number of fused-ring (bicyclic) bond motifs is 1. The van der Waals surface area contributed by atoms with Crippen molar-refractivity contribution in [2.45, 2.75) is 19.6 Å². The van der Waals surface area contributed by atoms with Crippen molar-refractivity contribution >= 4 is 29.9 Å². The molecule has 1 aliphatic heterocycles. The second kappa shape index (κ2) is 9.67. The Bertz CT molecular complexity index is 721. The largest absolute Gasteiger partial charge is 0.467 e. The lowest BCUT2D eigenvalue weighted by atomic mass is 10.2. The van der Waals surface area contributed by atoms with Gasteiger partial charge < -0.3 is 29.2 Å². The number of rotatable bonds is 6. The Morgan fingerprint density at radius 2 is 2.12 bits per heavy atom. The molecule has 1 atom stereocenters. The molecule has 142 valence electrons. The van der Waals surface area contributed by atoms with Gasteiger partial charge in [0.1, 0.15) is 11.9 Å². The second-order valence-corrected chi connectivity index (χ2v) is 5.77. The summed E-state index contributed by atoms with van der Waals surface area (Å²) in [6, 6.07) is 9.38. The van der Waals surface area contributed by atoms with Crippen molar-refractivity contribution in [1.29, 1.82) is 0 Å². The van der Waals surface area contributed by atoms with E-state index in [1.54, 1.807) is 18.4 Å². The average molecular weight is 473 g/mol. The van der Waals surface area contributed by atoms with E-state index in [4.69, 9.17) is 13.9 Å². The van der Waals surface area contributed by atoms with Gasteiger partial charge in [0.05, 0.1) is 12.8 Å². The number of furan rings is 1. The number of benzene rings is 1. The average Bonchev–Trinajstić information content (AvgIpc) is 3.29. The maximum atomic E-state index is 10.1. The summed E-state index contributed by atoms with van der Waals surface area (Å²) in [5.41, 5.74) is 1.09. The van der Waals surface area contributed by atoms with Crippen LogP contribution in [-0.4, -0.2) is 42.9 Å². The Morgan fingerprint density at radius 1 is 1.31 bits per heavy atom. The number of halogens is 1. The van der Waals surface area contributed by atoms with Gasteiger partial charge in [-0.2, -0.15) is 0 Å². The van der Waals surface area contributed by atoms with Crippen molar-refractivity contribution in [2.75, 3.05) is 26.9 Å². The SMILES string of the molecule is CCNC(=NCC(O)c1ccco1)N(C)Cc1ccc2c(c1)OCO2.I. The van der Waals surface area contributed by atoms with Gasteiger partial charge in [0.2, 0.25) is 6.79 Å². The zero-order valence-electron chi connectivity index (χ0n) is 14.8. The smallest absolute Gasteiger partial charge is 0.231 e. The third kappa shape index (κ3) is 5.04. The van der Waals surface area contributed by atoms with Crippen LogP contribution in [0.15, 0.2) is 46.0 Å². The molecule has 1 aromatic heterocycles. The summed E-state index contributed by atoms with van der Waals surface area (Å²) in [6.45, 7) is 3.89. The Kier molecular flexibility index (Phi) is 7.58. The summed E-state index contributed by atoms with van der Waals surface area (Å²) in [5.74, 6) is 2.76. The molecule has 3 rings (SSSR count). The molecule has 8 heteroatoms. The molecule has 0 radical (unpaired) electrons. The number of hydrogen-bond donors (Lipinski definition) is 2. The molecule has 2 aromatic rings. The maximum absolute atomic E-state index is 10.1. The summed E-state index contributed by atoms with van der Waals surface area (Å²) in [7, 11) is 1.95. The molecule has 0 saturated heterocycles. The van der Waals surface area contributed by atoms with Crippen LogP contribution in [0.5, 0.6) is 11.5 Å². The molecule has 1 aromatic carbocycles. The van der Waals surface area contributed by atoms with E-state index in [-0.39, 0.29) is 37.3 Å². The lowest BCUT2D eigenvalue weighted by molar-refractivity contribution is 0.158. The highest BCUT2D eigenvalue weighted by atomic mass is 127. The van der Waals surface area contributed by atoms with E-state index in [0.29, 0.717) is 18.3 Å². The molecule has 0 bridgehead atoms. The van der Waals surface area contributed by atoms with E-state index < -0.39 is 6.10 Å². The number of aliphatic hydroxyl groups excluding tert-OH is 1. The van der Waals surface area contributed by atoms with Crippen molar-refractivity contribution in [1.82, 2.24) is 10.2 Å². The van der Waals surface area contributed by atoms with Gasteiger partial charge in [0.25, 0.3) is 0 Å². The normalized spacial score (nSPS) is 13.9. The molecule has 7 nitrogen and oxygen atoms in total. The molecule has 2 N–H and O–H groups in total. The Labute approximate surface area is 170 Å². The first-order chi connectivity index (χ1) is 12.2. The van der Waals surface area contributed by atoms with Crippen LogP contribution in [0.25, 0.3) is 0 Å². The summed E-state index contributed by atoms with van der Waals surface area (Å²) in [5, 5.41) is 13.4. The minimum absolute atomic E-state index is 0. The van der Waals surface area contributed by atoms with E-state index >= 15 is 0 Å². The number of nitrogens with zero attached hydrogens (tertiary/aromatic N) is 2. The number of nitrogens with one attached hydrogen (secondary N) is 1. The predicted molar refractivity (Wildman–Crippen MR) is 109 cm³/mol. The van der Waals surface area contributed by atoms with E-state index in [9.17, 15) is 5.11 Å². The van der Waals surface area contributed by atoms with E-state index in [2.05, 4.69) is 10.3 Å².